The van der Waals surface area contributed by atoms with Gasteiger partial charge in [0, 0.05) is 103 Å². The van der Waals surface area contributed by atoms with Crippen LogP contribution in [0.3, 0.4) is 0 Å². The summed E-state index contributed by atoms with van der Waals surface area (Å²) in [5, 5.41) is 0. The summed E-state index contributed by atoms with van der Waals surface area (Å²) in [5.41, 5.74) is 25.4. The Morgan fingerprint density at radius 1 is 0.192 bits per heavy atom. The van der Waals surface area contributed by atoms with Gasteiger partial charge in [0.15, 0.2) is 0 Å². The van der Waals surface area contributed by atoms with E-state index in [4.69, 9.17) is 75.8 Å². The highest BCUT2D eigenvalue weighted by molar-refractivity contribution is 8.45. The minimum atomic E-state index is -0.228. The van der Waals surface area contributed by atoms with E-state index in [1.54, 1.807) is 28.4 Å². The molecular weight excluding hydrogens is 1980 g/mol. The van der Waals surface area contributed by atoms with Crippen LogP contribution in [0.5, 0.6) is 46.0 Å². The predicted octanol–water partition coefficient (Wildman–Crippen LogP) is 29.1. The highest BCUT2D eigenvalue weighted by Crippen LogP contribution is 2.67. The zero-order valence-electron chi connectivity index (χ0n) is 92.7. The molecule has 146 heavy (non-hydrogen) atoms. The van der Waals surface area contributed by atoms with E-state index in [1.165, 1.54) is 69.9 Å². The van der Waals surface area contributed by atoms with Crippen LogP contribution in [-0.2, 0) is 133 Å². The molecule has 0 spiro atoms. The normalized spacial score (nSPS) is 17.1. The van der Waals surface area contributed by atoms with Gasteiger partial charge in [-0.3, -0.25) is 0 Å². The van der Waals surface area contributed by atoms with Gasteiger partial charge in [-0.25, -0.2) is 0 Å². The van der Waals surface area contributed by atoms with Crippen LogP contribution in [0, 0.1) is 0 Å². The standard InChI is InChI=1S/C122H164O16S8/c1-115(2,3)93-61-77-53-85-69-97(119(13,14)15)71-87-55-79-63-94(116(4,5)6)64-80(102(79)132-38-30-124-26)56-88-72-98(120(16,17)18)70-86(54-78(62-93)101(77)131-37-29-123-25)106(88)136-42-34-128-46-50-140-110-109(139-49-45-127-33-41-135-105(85)87)143-113(144-110)114-145-111-112(146-114)142-52-48-130-36-44-138-108-90-58-82-66-95(117(7,8)9)65-81(103(82)133-39-31-125-27)57-89-73-99(121(19,20)21)75-91(107(89)137-43-35-129-47-51-141-111)59-83-67-96(118(10,11)12)68-84(104(83)134-40-32-126-28)60-92(108)76-100(74-90)122(22,23)24/h61-76H,29-60H2,1-28H3. The van der Waals surface area contributed by atoms with Crippen LogP contribution >= 0.6 is 94.1 Å². The predicted molar refractivity (Wildman–Crippen MR) is 620 cm³/mol. The number of fused-ring (bicyclic) bond motifs is 24. The number of thioether (sulfide) groups is 8. The van der Waals surface area contributed by atoms with Gasteiger partial charge < -0.3 is 75.8 Å². The number of benzene rings is 8. The molecule has 20 bridgehead atoms. The smallest absolute Gasteiger partial charge is 0.126 e. The molecule has 16 nitrogen and oxygen atoms in total. The van der Waals surface area contributed by atoms with Crippen LogP contribution in [-0.4, -0.2) is 184 Å². The van der Waals surface area contributed by atoms with Crippen molar-refractivity contribution in [2.24, 2.45) is 0 Å². The minimum absolute atomic E-state index is 0.215. The fourth-order valence-electron chi connectivity index (χ4n) is 18.7. The van der Waals surface area contributed by atoms with E-state index in [9.17, 15) is 0 Å². The molecule has 0 saturated heterocycles. The summed E-state index contributed by atoms with van der Waals surface area (Å²) in [5.74, 6) is 9.89. The first-order valence-electron chi connectivity index (χ1n) is 52.3. The minimum Gasteiger partial charge on any atom is -0.491 e. The number of hydrogen-bond donors (Lipinski definition) is 0. The van der Waals surface area contributed by atoms with Crippen molar-refractivity contribution >= 4 is 94.1 Å². The van der Waals surface area contributed by atoms with Gasteiger partial charge in [-0.15, -0.1) is 47.0 Å². The van der Waals surface area contributed by atoms with Gasteiger partial charge in [0.2, 0.25) is 0 Å². The van der Waals surface area contributed by atoms with Gasteiger partial charge in [-0.2, -0.15) is 0 Å². The van der Waals surface area contributed by atoms with Gasteiger partial charge in [0.05, 0.1) is 105 Å². The fraction of sp³-hybridized carbons (Fsp3) is 0.557. The van der Waals surface area contributed by atoms with Crippen LogP contribution in [0.4, 0.5) is 0 Å². The molecular formula is C122H164O16S8. The van der Waals surface area contributed by atoms with Gasteiger partial charge >= 0.3 is 0 Å². The molecule has 6 heterocycles. The quantitative estimate of drug-likeness (QED) is 0.0844. The first-order valence-corrected chi connectivity index (χ1v) is 59.5. The van der Waals surface area contributed by atoms with Crippen LogP contribution in [0.1, 0.15) is 300 Å². The zero-order chi connectivity index (χ0) is 105. The molecule has 8 aliphatic rings. The van der Waals surface area contributed by atoms with E-state index in [0.717, 1.165) is 158 Å². The molecule has 2 aliphatic carbocycles. The van der Waals surface area contributed by atoms with Gasteiger partial charge in [-0.05, 0) is 177 Å². The molecule has 0 saturated carbocycles. The average molecular weight is 2140 g/mol. The molecule has 0 atom stereocenters. The van der Waals surface area contributed by atoms with Gasteiger partial charge in [0.1, 0.15) is 98.9 Å². The van der Waals surface area contributed by atoms with Crippen molar-refractivity contribution in [1.82, 2.24) is 0 Å². The van der Waals surface area contributed by atoms with E-state index in [2.05, 4.69) is 263 Å². The van der Waals surface area contributed by atoms with Crippen molar-refractivity contribution in [2.45, 2.75) is 261 Å². The second-order valence-corrected chi connectivity index (χ2v) is 57.2. The number of hydrogen-bond acceptors (Lipinski definition) is 24. The van der Waals surface area contributed by atoms with Crippen molar-refractivity contribution in [3.05, 3.63) is 256 Å². The van der Waals surface area contributed by atoms with E-state index in [-0.39, 0.29) is 43.3 Å². The summed E-state index contributed by atoms with van der Waals surface area (Å²) in [6.07, 6.45) is 4.32. The average Bonchev–Trinajstić information content (AvgIpc) is 0.882. The van der Waals surface area contributed by atoms with Crippen LogP contribution in [0.15, 0.2) is 122 Å². The lowest BCUT2D eigenvalue weighted by Crippen LogP contribution is -2.19. The van der Waals surface area contributed by atoms with Gasteiger partial charge in [0.25, 0.3) is 0 Å². The monoisotopic (exact) mass is 2140 g/mol. The summed E-state index contributed by atoms with van der Waals surface area (Å²) in [6.45, 7) is 63.8. The van der Waals surface area contributed by atoms with Crippen LogP contribution in [0.25, 0.3) is 0 Å². The maximum Gasteiger partial charge on any atom is 0.126 e. The molecule has 0 unspecified atom stereocenters. The maximum atomic E-state index is 7.44. The first kappa shape index (κ1) is 115. The Balaban J connectivity index is 0.784. The van der Waals surface area contributed by atoms with Crippen molar-refractivity contribution in [3.8, 4) is 46.0 Å². The Kier molecular flexibility index (Phi) is 40.2. The Morgan fingerprint density at radius 3 is 0.486 bits per heavy atom. The molecule has 8 aromatic carbocycles. The van der Waals surface area contributed by atoms with Crippen molar-refractivity contribution in [1.29, 1.82) is 0 Å². The zero-order valence-corrected chi connectivity index (χ0v) is 99.2. The molecule has 0 N–H and O–H groups in total. The van der Waals surface area contributed by atoms with Crippen molar-refractivity contribution < 1.29 is 75.8 Å². The van der Waals surface area contributed by atoms with Crippen molar-refractivity contribution in [2.75, 3.05) is 184 Å². The summed E-state index contributed by atoms with van der Waals surface area (Å²) in [6, 6.07) is 38.3. The lowest BCUT2D eigenvalue weighted by atomic mass is 9.79. The summed E-state index contributed by atoms with van der Waals surface area (Å²) in [4.78, 5) is 0. The SMILES string of the molecule is COCCOc1c2cc(C(C)(C)C)cc1Cc1cc(C(C)(C)C)cc3c1OCCOCCSC1=C(SCCOCCOc4c(cc(C(C)(C)C)cc4Cc4cc(C(C)(C)C)cc(c4OCCOC)C3)C2)SC(=C2SC3=C(SCCOCCOc4c5cc(C(C)(C)C)cc4Cc4cc(C(C)(C)C)cc(c4OCCOC)Cc4cc(C(C)(C)C)cc(c4OCCOCCS3)Cc3cc(C(C)(C)C)cc(c3OCCOC)C5)S2)S1. The Bertz CT molecular complexity index is 5050. The molecule has 0 amide bonds. The summed E-state index contributed by atoms with van der Waals surface area (Å²) >= 11 is 15.1. The molecule has 0 fully saturated rings. The first-order chi connectivity index (χ1) is 69.2. The fourth-order valence-corrected chi connectivity index (χ4v) is 30.4. The second kappa shape index (κ2) is 50.8. The number of methoxy groups -OCH3 is 4. The van der Waals surface area contributed by atoms with Gasteiger partial charge in [-0.1, -0.05) is 310 Å². The maximum absolute atomic E-state index is 7.44. The molecule has 16 rings (SSSR count). The van der Waals surface area contributed by atoms with Crippen molar-refractivity contribution in [3.63, 3.8) is 0 Å². The molecule has 6 aliphatic heterocycles. The third-order valence-electron chi connectivity index (χ3n) is 27.0. The molecule has 24 heteroatoms. The number of rotatable bonds is 16. The largest absolute Gasteiger partial charge is 0.491 e. The molecule has 0 aromatic heterocycles. The lowest BCUT2D eigenvalue weighted by molar-refractivity contribution is 0.111. The number of ether oxygens (including phenoxy) is 16. The molecule has 8 aromatic rings. The topological polar surface area (TPSA) is 148 Å². The highest BCUT2D eigenvalue weighted by Gasteiger charge is 2.37. The Hall–Kier alpha value is -6.14. The van der Waals surface area contributed by atoms with E-state index < -0.39 is 0 Å². The van der Waals surface area contributed by atoms with E-state index in [1.807, 2.05) is 94.1 Å². The molecule has 796 valence electrons. The third kappa shape index (κ3) is 30.7. The highest BCUT2D eigenvalue weighted by atomic mass is 32.3. The van der Waals surface area contributed by atoms with Crippen LogP contribution in [0.2, 0.25) is 0 Å². The Labute approximate surface area is 909 Å². The molecule has 0 radical (unpaired) electrons. The van der Waals surface area contributed by atoms with E-state index >= 15 is 0 Å². The van der Waals surface area contributed by atoms with E-state index in [0.29, 0.717) is 184 Å². The third-order valence-corrected chi connectivity index (χ3v) is 38.5. The second-order valence-electron chi connectivity index (χ2n) is 47.1. The lowest BCUT2D eigenvalue weighted by Gasteiger charge is -2.29. The summed E-state index contributed by atoms with van der Waals surface area (Å²) in [7, 11) is 6.96. The summed E-state index contributed by atoms with van der Waals surface area (Å²) < 4.78 is 116. The Morgan fingerprint density at radius 2 is 0.342 bits per heavy atom. The van der Waals surface area contributed by atoms with Crippen LogP contribution < -0.4 is 37.9 Å².